The number of amides is 1. The second kappa shape index (κ2) is 5.87. The number of carbonyl (C=O) groups excluding carboxylic acids is 2. The summed E-state index contributed by atoms with van der Waals surface area (Å²) in [6, 6.07) is 4.29. The first kappa shape index (κ1) is 13.6. The van der Waals surface area contributed by atoms with Gasteiger partial charge >= 0.3 is 12.0 Å². The lowest BCUT2D eigenvalue weighted by molar-refractivity contribution is 0.0597. The summed E-state index contributed by atoms with van der Waals surface area (Å²) < 4.78 is 11.0. The lowest BCUT2D eigenvalue weighted by atomic mass is 10.2. The summed E-state index contributed by atoms with van der Waals surface area (Å²) >= 11 is 0. The third-order valence-electron chi connectivity index (χ3n) is 2.60. The summed E-state index contributed by atoms with van der Waals surface area (Å²) in [7, 11) is 2.72. The van der Waals surface area contributed by atoms with Gasteiger partial charge in [0.15, 0.2) is 0 Å². The van der Waals surface area contributed by atoms with Crippen LogP contribution < -0.4 is 10.1 Å². The number of nitrogens with one attached hydrogen (secondary N) is 1. The molecule has 1 heterocycles. The summed E-state index contributed by atoms with van der Waals surface area (Å²) in [6.07, 6.45) is 4.41. The fraction of sp³-hybridized carbons (Fsp3) is 0.154. The molecule has 0 unspecified atom stereocenters. The average Bonchev–Trinajstić information content (AvgIpc) is 3.00. The zero-order valence-corrected chi connectivity index (χ0v) is 11.0. The molecule has 1 aromatic carbocycles. The fourth-order valence-corrected chi connectivity index (χ4v) is 1.61. The zero-order valence-electron chi connectivity index (χ0n) is 11.0. The maximum absolute atomic E-state index is 11.8. The SMILES string of the molecule is COC(=O)c1ccc(NC(=O)n2ccnc2)cc1OC. The van der Waals surface area contributed by atoms with Crippen molar-refractivity contribution in [2.75, 3.05) is 19.5 Å². The van der Waals surface area contributed by atoms with Crippen LogP contribution in [0.5, 0.6) is 5.75 Å². The van der Waals surface area contributed by atoms with E-state index in [9.17, 15) is 9.59 Å². The van der Waals surface area contributed by atoms with Crippen LogP contribution in [0.15, 0.2) is 36.9 Å². The van der Waals surface area contributed by atoms with Crippen molar-refractivity contribution in [3.05, 3.63) is 42.5 Å². The number of nitrogens with zero attached hydrogens (tertiary/aromatic N) is 2. The highest BCUT2D eigenvalue weighted by Gasteiger charge is 2.14. The van der Waals surface area contributed by atoms with Gasteiger partial charge in [0.25, 0.3) is 0 Å². The summed E-state index contributed by atoms with van der Waals surface area (Å²) in [5.41, 5.74) is 0.781. The van der Waals surface area contributed by atoms with Gasteiger partial charge in [-0.1, -0.05) is 0 Å². The molecule has 0 saturated carbocycles. The summed E-state index contributed by atoms with van der Waals surface area (Å²) in [5, 5.41) is 2.66. The van der Waals surface area contributed by atoms with Gasteiger partial charge < -0.3 is 14.8 Å². The number of hydrogen-bond donors (Lipinski definition) is 1. The number of aromatic nitrogens is 2. The van der Waals surface area contributed by atoms with Gasteiger partial charge in [0.1, 0.15) is 17.6 Å². The molecule has 0 atom stereocenters. The average molecular weight is 275 g/mol. The Bertz CT molecular complexity index is 623. The van der Waals surface area contributed by atoms with E-state index < -0.39 is 5.97 Å². The smallest absolute Gasteiger partial charge is 0.341 e. The molecule has 104 valence electrons. The maximum atomic E-state index is 11.8. The van der Waals surface area contributed by atoms with E-state index in [1.54, 1.807) is 12.1 Å². The molecule has 2 rings (SSSR count). The van der Waals surface area contributed by atoms with E-state index >= 15 is 0 Å². The highest BCUT2D eigenvalue weighted by atomic mass is 16.5. The standard InChI is InChI=1S/C13H13N3O4/c1-19-11-7-9(3-4-10(11)12(17)20-2)15-13(18)16-6-5-14-8-16/h3-8H,1-2H3,(H,15,18). The minimum absolute atomic E-state index is 0.288. The van der Waals surface area contributed by atoms with E-state index in [-0.39, 0.29) is 11.6 Å². The lowest BCUT2D eigenvalue weighted by Gasteiger charge is -2.10. The van der Waals surface area contributed by atoms with Crippen LogP contribution in [0.1, 0.15) is 10.4 Å². The van der Waals surface area contributed by atoms with Gasteiger partial charge in [-0.3, -0.25) is 4.57 Å². The van der Waals surface area contributed by atoms with E-state index in [4.69, 9.17) is 4.74 Å². The maximum Gasteiger partial charge on any atom is 0.341 e. The van der Waals surface area contributed by atoms with Gasteiger partial charge in [-0.2, -0.15) is 0 Å². The van der Waals surface area contributed by atoms with Crippen molar-refractivity contribution in [1.29, 1.82) is 0 Å². The van der Waals surface area contributed by atoms with E-state index in [1.165, 1.54) is 43.6 Å². The van der Waals surface area contributed by atoms with E-state index in [0.29, 0.717) is 11.4 Å². The number of rotatable bonds is 3. The minimum Gasteiger partial charge on any atom is -0.496 e. The quantitative estimate of drug-likeness (QED) is 0.863. The topological polar surface area (TPSA) is 82.5 Å². The predicted octanol–water partition coefficient (Wildman–Crippen LogP) is 1.76. The van der Waals surface area contributed by atoms with Crippen LogP contribution in [-0.4, -0.2) is 35.8 Å². The summed E-state index contributed by atoms with van der Waals surface area (Å²) in [6.45, 7) is 0. The molecule has 1 amide bonds. The van der Waals surface area contributed by atoms with Crippen molar-refractivity contribution < 1.29 is 19.1 Å². The Balaban J connectivity index is 2.22. The third-order valence-corrected chi connectivity index (χ3v) is 2.60. The van der Waals surface area contributed by atoms with Gasteiger partial charge in [-0.05, 0) is 12.1 Å². The molecule has 7 heteroatoms. The van der Waals surface area contributed by atoms with E-state index in [2.05, 4.69) is 15.0 Å². The molecule has 1 N–H and O–H groups in total. The Hall–Kier alpha value is -2.83. The Kier molecular flexibility index (Phi) is 3.99. The van der Waals surface area contributed by atoms with Crippen LogP contribution in [0.4, 0.5) is 10.5 Å². The van der Waals surface area contributed by atoms with Gasteiger partial charge in [-0.25, -0.2) is 14.6 Å². The van der Waals surface area contributed by atoms with Crippen molar-refractivity contribution >= 4 is 17.7 Å². The van der Waals surface area contributed by atoms with Crippen molar-refractivity contribution in [3.63, 3.8) is 0 Å². The largest absolute Gasteiger partial charge is 0.496 e. The number of methoxy groups -OCH3 is 2. The number of anilines is 1. The molecule has 0 saturated heterocycles. The van der Waals surface area contributed by atoms with Crippen LogP contribution in [0.25, 0.3) is 0 Å². The first-order valence-electron chi connectivity index (χ1n) is 5.71. The summed E-state index contributed by atoms with van der Waals surface area (Å²) in [4.78, 5) is 27.1. The van der Waals surface area contributed by atoms with Gasteiger partial charge in [0, 0.05) is 24.1 Å². The number of hydrogen-bond acceptors (Lipinski definition) is 5. The molecule has 1 aromatic heterocycles. The number of imidazole rings is 1. The first-order valence-corrected chi connectivity index (χ1v) is 5.71. The Labute approximate surface area is 115 Å². The van der Waals surface area contributed by atoms with Crippen LogP contribution >= 0.6 is 0 Å². The molecular weight excluding hydrogens is 262 g/mol. The number of benzene rings is 1. The Morgan fingerprint density at radius 3 is 2.70 bits per heavy atom. The highest BCUT2D eigenvalue weighted by Crippen LogP contribution is 2.24. The second-order valence-corrected chi connectivity index (χ2v) is 3.81. The predicted molar refractivity (Wildman–Crippen MR) is 71.0 cm³/mol. The van der Waals surface area contributed by atoms with Crippen molar-refractivity contribution in [2.24, 2.45) is 0 Å². The number of ether oxygens (including phenoxy) is 2. The molecule has 0 aliphatic rings. The van der Waals surface area contributed by atoms with Gasteiger partial charge in [0.2, 0.25) is 0 Å². The van der Waals surface area contributed by atoms with Gasteiger partial charge in [-0.15, -0.1) is 0 Å². The fourth-order valence-electron chi connectivity index (χ4n) is 1.61. The third kappa shape index (κ3) is 2.77. The van der Waals surface area contributed by atoms with Crippen LogP contribution in [0.2, 0.25) is 0 Å². The lowest BCUT2D eigenvalue weighted by Crippen LogP contribution is -2.18. The molecule has 2 aromatic rings. The molecule has 0 spiro atoms. The van der Waals surface area contributed by atoms with Crippen LogP contribution in [0, 0.1) is 0 Å². The second-order valence-electron chi connectivity index (χ2n) is 3.81. The molecule has 20 heavy (non-hydrogen) atoms. The highest BCUT2D eigenvalue weighted by molar-refractivity contribution is 5.95. The molecule has 7 nitrogen and oxygen atoms in total. The molecule has 0 aliphatic carbocycles. The van der Waals surface area contributed by atoms with Gasteiger partial charge in [0.05, 0.1) is 14.2 Å². The Morgan fingerprint density at radius 1 is 1.30 bits per heavy atom. The van der Waals surface area contributed by atoms with E-state index in [1.807, 2.05) is 0 Å². The Morgan fingerprint density at radius 2 is 2.10 bits per heavy atom. The first-order chi connectivity index (χ1) is 9.65. The minimum atomic E-state index is -0.505. The summed E-state index contributed by atoms with van der Waals surface area (Å²) in [5.74, 6) is -0.186. The molecule has 0 fully saturated rings. The van der Waals surface area contributed by atoms with Crippen molar-refractivity contribution in [1.82, 2.24) is 9.55 Å². The molecular formula is C13H13N3O4. The van der Waals surface area contributed by atoms with Crippen molar-refractivity contribution in [2.45, 2.75) is 0 Å². The zero-order chi connectivity index (χ0) is 14.5. The number of esters is 1. The monoisotopic (exact) mass is 275 g/mol. The molecule has 0 bridgehead atoms. The molecule has 0 aliphatic heterocycles. The van der Waals surface area contributed by atoms with Crippen LogP contribution in [-0.2, 0) is 4.74 Å². The van der Waals surface area contributed by atoms with E-state index in [0.717, 1.165) is 0 Å². The van der Waals surface area contributed by atoms with Crippen LogP contribution in [0.3, 0.4) is 0 Å². The van der Waals surface area contributed by atoms with Crippen molar-refractivity contribution in [3.8, 4) is 5.75 Å². The molecule has 0 radical (unpaired) electrons. The number of carbonyl (C=O) groups is 2. The normalized spacial score (nSPS) is 9.90.